The van der Waals surface area contributed by atoms with E-state index in [1.54, 1.807) is 6.08 Å². The van der Waals surface area contributed by atoms with Crippen LogP contribution in [0, 0.1) is 5.92 Å². The summed E-state index contributed by atoms with van der Waals surface area (Å²) >= 11 is 0. The molecule has 0 radical (unpaired) electrons. The van der Waals surface area contributed by atoms with Crippen molar-refractivity contribution in [3.63, 3.8) is 0 Å². The Morgan fingerprint density at radius 1 is 0.500 bits per heavy atom. The van der Waals surface area contributed by atoms with Gasteiger partial charge in [-0.05, 0) is 25.2 Å². The number of nitrogens with one attached hydrogen (secondary N) is 1. The number of amides is 1. The quantitative estimate of drug-likeness (QED) is 0.0371. The Labute approximate surface area is 325 Å². The molecule has 0 fully saturated rings. The molecule has 52 heavy (non-hydrogen) atoms. The molecule has 0 unspecified atom stereocenters. The van der Waals surface area contributed by atoms with Crippen molar-refractivity contribution in [2.75, 3.05) is 6.61 Å². The highest BCUT2D eigenvalue weighted by Gasteiger charge is 2.22. The molecule has 4 N–H and O–H groups in total. The third kappa shape index (κ3) is 37.4. The third-order valence-corrected chi connectivity index (χ3v) is 11.1. The maximum atomic E-state index is 12.5. The Morgan fingerprint density at radius 2 is 0.827 bits per heavy atom. The molecule has 0 spiro atoms. The topological polar surface area (TPSA) is 89.8 Å². The second-order valence-corrected chi connectivity index (χ2v) is 16.8. The van der Waals surface area contributed by atoms with Gasteiger partial charge in [0.15, 0.2) is 0 Å². The molecule has 0 aliphatic rings. The summed E-state index contributed by atoms with van der Waals surface area (Å²) in [6, 6.07) is -0.793. The minimum Gasteiger partial charge on any atom is -0.394 e. The number of unbranched alkanes of at least 4 members (excludes halogenated alkanes) is 32. The Morgan fingerprint density at radius 3 is 1.17 bits per heavy atom. The molecule has 0 rings (SSSR count). The van der Waals surface area contributed by atoms with Crippen molar-refractivity contribution in [1.29, 1.82) is 0 Å². The van der Waals surface area contributed by atoms with Gasteiger partial charge in [0.1, 0.15) is 6.10 Å². The summed E-state index contributed by atoms with van der Waals surface area (Å²) in [7, 11) is 0. The van der Waals surface area contributed by atoms with Crippen LogP contribution < -0.4 is 5.32 Å². The number of rotatable bonds is 42. The van der Waals surface area contributed by atoms with E-state index in [4.69, 9.17) is 0 Å². The molecule has 0 aromatic rings. The van der Waals surface area contributed by atoms with Crippen LogP contribution in [0.15, 0.2) is 12.2 Å². The van der Waals surface area contributed by atoms with Crippen LogP contribution in [0.4, 0.5) is 0 Å². The number of carbonyl (C=O) groups is 1. The zero-order valence-electron chi connectivity index (χ0n) is 35.4. The van der Waals surface area contributed by atoms with Crippen molar-refractivity contribution in [3.05, 3.63) is 12.2 Å². The second-order valence-electron chi connectivity index (χ2n) is 16.8. The highest BCUT2D eigenvalue weighted by atomic mass is 16.3. The third-order valence-electron chi connectivity index (χ3n) is 11.1. The smallest absolute Gasteiger partial charge is 0.249 e. The molecule has 0 heterocycles. The number of aliphatic hydroxyl groups is 3. The molecule has 1 amide bonds. The first kappa shape index (κ1) is 51.1. The van der Waals surface area contributed by atoms with Gasteiger partial charge in [0.2, 0.25) is 5.91 Å². The summed E-state index contributed by atoms with van der Waals surface area (Å²) in [6.45, 7) is 6.51. The van der Waals surface area contributed by atoms with Crippen molar-refractivity contribution in [2.24, 2.45) is 5.92 Å². The molecule has 0 aliphatic heterocycles. The first-order valence-electron chi connectivity index (χ1n) is 23.4. The molecule has 3 atom stereocenters. The van der Waals surface area contributed by atoms with Crippen LogP contribution in [-0.2, 0) is 4.79 Å². The minimum absolute atomic E-state index is 0.361. The van der Waals surface area contributed by atoms with Crippen LogP contribution in [-0.4, -0.2) is 46.1 Å². The summed E-state index contributed by atoms with van der Waals surface area (Å²) in [5.41, 5.74) is 0. The highest BCUT2D eigenvalue weighted by molar-refractivity contribution is 5.80. The van der Waals surface area contributed by atoms with Crippen LogP contribution in [0.5, 0.6) is 0 Å². The molecule has 0 bridgehead atoms. The zero-order valence-corrected chi connectivity index (χ0v) is 35.4. The average Bonchev–Trinajstić information content (AvgIpc) is 3.13. The number of carbonyl (C=O) groups excluding carboxylic acids is 1. The van der Waals surface area contributed by atoms with Gasteiger partial charge in [-0.2, -0.15) is 0 Å². The number of hydrogen-bond donors (Lipinski definition) is 4. The van der Waals surface area contributed by atoms with Crippen molar-refractivity contribution in [2.45, 2.75) is 270 Å². The van der Waals surface area contributed by atoms with E-state index in [0.29, 0.717) is 6.42 Å². The van der Waals surface area contributed by atoms with Gasteiger partial charge in [-0.25, -0.2) is 0 Å². The minimum atomic E-state index is -1.09. The van der Waals surface area contributed by atoms with E-state index in [2.05, 4.69) is 26.1 Å². The van der Waals surface area contributed by atoms with Gasteiger partial charge in [-0.1, -0.05) is 245 Å². The molecule has 5 nitrogen and oxygen atoms in total. The largest absolute Gasteiger partial charge is 0.394 e. The summed E-state index contributed by atoms with van der Waals surface area (Å²) in [5, 5.41) is 33.1. The van der Waals surface area contributed by atoms with Gasteiger partial charge in [0, 0.05) is 0 Å². The van der Waals surface area contributed by atoms with Gasteiger partial charge in [0.25, 0.3) is 0 Å². The lowest BCUT2D eigenvalue weighted by Gasteiger charge is -2.21. The van der Waals surface area contributed by atoms with Crippen molar-refractivity contribution in [3.8, 4) is 0 Å². The van der Waals surface area contributed by atoms with Gasteiger partial charge < -0.3 is 20.6 Å². The van der Waals surface area contributed by atoms with Crippen molar-refractivity contribution >= 4 is 5.91 Å². The standard InChI is InChI=1S/C47H93NO4/c1-4-5-6-7-8-9-10-11-12-13-14-15-16-17-18-19-20-21-22-23-24-25-28-32-35-38-41-46(51)47(52)48-44(42-49)45(50)40-37-34-31-29-26-27-30-33-36-39-43(2)3/h37,40,43-46,49-51H,4-36,38-39,41-42H2,1-3H3,(H,48,52)/b40-37+/t44-,45+,46+/m0/s1. The fourth-order valence-electron chi connectivity index (χ4n) is 7.37. The van der Waals surface area contributed by atoms with Gasteiger partial charge in [-0.15, -0.1) is 0 Å². The van der Waals surface area contributed by atoms with Crippen molar-refractivity contribution < 1.29 is 20.1 Å². The Bertz CT molecular complexity index is 741. The van der Waals surface area contributed by atoms with E-state index in [9.17, 15) is 20.1 Å². The number of allylic oxidation sites excluding steroid dienone is 1. The van der Waals surface area contributed by atoms with Crippen molar-refractivity contribution in [1.82, 2.24) is 5.32 Å². The van der Waals surface area contributed by atoms with E-state index in [-0.39, 0.29) is 6.61 Å². The molecule has 0 aromatic carbocycles. The van der Waals surface area contributed by atoms with Gasteiger partial charge in [0.05, 0.1) is 18.8 Å². The first-order valence-corrected chi connectivity index (χ1v) is 23.4. The SMILES string of the molecule is CCCCCCCCCCCCCCCCCCCCCCCCCCCC[C@@H](O)C(=O)N[C@@H](CO)[C@H](O)/C=C/CCCCCCCCCC(C)C. The molecular formula is C47H93NO4. The van der Waals surface area contributed by atoms with E-state index in [1.807, 2.05) is 6.08 Å². The van der Waals surface area contributed by atoms with Gasteiger partial charge >= 0.3 is 0 Å². The maximum absolute atomic E-state index is 12.5. The van der Waals surface area contributed by atoms with Crippen LogP contribution in [0.1, 0.15) is 252 Å². The molecule has 5 heteroatoms. The maximum Gasteiger partial charge on any atom is 0.249 e. The molecule has 0 aromatic heterocycles. The zero-order chi connectivity index (χ0) is 38.2. The summed E-state index contributed by atoms with van der Waals surface area (Å²) in [6.07, 6.45) is 48.4. The van der Waals surface area contributed by atoms with E-state index < -0.39 is 24.2 Å². The summed E-state index contributed by atoms with van der Waals surface area (Å²) < 4.78 is 0. The highest BCUT2D eigenvalue weighted by Crippen LogP contribution is 2.17. The van der Waals surface area contributed by atoms with E-state index in [1.165, 1.54) is 193 Å². The fourth-order valence-corrected chi connectivity index (χ4v) is 7.37. The summed E-state index contributed by atoms with van der Waals surface area (Å²) in [4.78, 5) is 12.5. The van der Waals surface area contributed by atoms with Gasteiger partial charge in [-0.3, -0.25) is 4.79 Å². The fraction of sp³-hybridized carbons (Fsp3) is 0.936. The van der Waals surface area contributed by atoms with Crippen LogP contribution in [0.2, 0.25) is 0 Å². The molecule has 0 saturated carbocycles. The lowest BCUT2D eigenvalue weighted by molar-refractivity contribution is -0.131. The Kier molecular flexibility index (Phi) is 40.5. The first-order chi connectivity index (χ1) is 25.4. The summed E-state index contributed by atoms with van der Waals surface area (Å²) in [5.74, 6) is 0.308. The Balaban J connectivity index is 3.54. The van der Waals surface area contributed by atoms with Crippen LogP contribution in [0.3, 0.4) is 0 Å². The molecule has 0 aliphatic carbocycles. The predicted octanol–water partition coefficient (Wildman–Crippen LogP) is 13.5. The monoisotopic (exact) mass is 736 g/mol. The lowest BCUT2D eigenvalue weighted by Crippen LogP contribution is -2.48. The van der Waals surface area contributed by atoms with E-state index >= 15 is 0 Å². The molecule has 310 valence electrons. The van der Waals surface area contributed by atoms with E-state index in [0.717, 1.165) is 38.0 Å². The molecular weight excluding hydrogens is 643 g/mol. The Hall–Kier alpha value is -0.910. The normalized spacial score (nSPS) is 13.7. The predicted molar refractivity (Wildman–Crippen MR) is 227 cm³/mol. The molecule has 0 saturated heterocycles. The van der Waals surface area contributed by atoms with Crippen LogP contribution >= 0.6 is 0 Å². The number of aliphatic hydroxyl groups excluding tert-OH is 3. The van der Waals surface area contributed by atoms with Crippen LogP contribution in [0.25, 0.3) is 0 Å². The lowest BCUT2D eigenvalue weighted by atomic mass is 10.0. The second kappa shape index (κ2) is 41.3. The average molecular weight is 736 g/mol. The number of hydrogen-bond acceptors (Lipinski definition) is 4.